The van der Waals surface area contributed by atoms with E-state index in [-0.39, 0.29) is 5.78 Å². The number of tetrazole rings is 1. The molecule has 0 aliphatic carbocycles. The smallest absolute Gasteiger partial charge is 0.205 e. The van der Waals surface area contributed by atoms with Gasteiger partial charge in [-0.25, -0.2) is 0 Å². The number of benzene rings is 2. The highest BCUT2D eigenvalue weighted by Crippen LogP contribution is 2.38. The van der Waals surface area contributed by atoms with Crippen molar-refractivity contribution in [1.29, 1.82) is 0 Å². The highest BCUT2D eigenvalue weighted by atomic mass is 16.5. The fourth-order valence-corrected chi connectivity index (χ4v) is 3.81. The zero-order valence-electron chi connectivity index (χ0n) is 17.2. The summed E-state index contributed by atoms with van der Waals surface area (Å²) in [4.78, 5) is 16.9. The second kappa shape index (κ2) is 7.87. The molecule has 4 aromatic rings. The first-order chi connectivity index (χ1) is 14.5. The molecule has 0 unspecified atom stereocenters. The van der Waals surface area contributed by atoms with Crippen LogP contribution in [0, 0.1) is 13.8 Å². The standard InChI is InChI=1S/C23H21N5O2/c1-13-20(15(3)29)21(22(30-4)14(2)24-13)17-11-9-16(10-12-17)18-7-5-6-8-19(18)23-25-27-28-26-23/h5-12H,1-4H3,(H,25,26,27,28). The lowest BCUT2D eigenvalue weighted by molar-refractivity contribution is 0.101. The molecule has 1 N–H and O–H groups in total. The van der Waals surface area contributed by atoms with E-state index >= 15 is 0 Å². The number of nitrogens with one attached hydrogen (secondary N) is 1. The molecule has 7 nitrogen and oxygen atoms in total. The van der Waals surface area contributed by atoms with Gasteiger partial charge in [0.05, 0.1) is 18.4 Å². The maximum atomic E-state index is 12.4. The first-order valence-corrected chi connectivity index (χ1v) is 9.51. The average Bonchev–Trinajstić information content (AvgIpc) is 3.28. The minimum Gasteiger partial charge on any atom is -0.494 e. The van der Waals surface area contributed by atoms with E-state index in [2.05, 4.69) is 25.6 Å². The number of H-pyrrole nitrogens is 1. The number of carbonyl (C=O) groups is 1. The third-order valence-corrected chi connectivity index (χ3v) is 5.06. The van der Waals surface area contributed by atoms with Crippen LogP contribution in [0.5, 0.6) is 5.75 Å². The van der Waals surface area contributed by atoms with E-state index in [1.165, 1.54) is 0 Å². The van der Waals surface area contributed by atoms with Gasteiger partial charge in [-0.05, 0) is 42.7 Å². The largest absolute Gasteiger partial charge is 0.494 e. The molecule has 0 aliphatic rings. The fraction of sp³-hybridized carbons (Fsp3) is 0.174. The number of ketones is 1. The molecule has 0 bridgehead atoms. The molecule has 2 aromatic carbocycles. The van der Waals surface area contributed by atoms with Crippen LogP contribution in [0.4, 0.5) is 0 Å². The molecule has 0 saturated heterocycles. The van der Waals surface area contributed by atoms with Crippen LogP contribution in [0.15, 0.2) is 48.5 Å². The molecule has 4 rings (SSSR count). The number of Topliss-reactive ketones (excluding diaryl/α,β-unsaturated/α-hetero) is 1. The second-order valence-electron chi connectivity index (χ2n) is 6.98. The summed E-state index contributed by atoms with van der Waals surface area (Å²) >= 11 is 0. The predicted molar refractivity (Wildman–Crippen MR) is 114 cm³/mol. The Morgan fingerprint density at radius 3 is 2.20 bits per heavy atom. The number of ether oxygens (including phenoxy) is 1. The van der Waals surface area contributed by atoms with Gasteiger partial charge in [-0.2, -0.15) is 5.21 Å². The number of aromatic amines is 1. The van der Waals surface area contributed by atoms with Crippen molar-refractivity contribution < 1.29 is 9.53 Å². The van der Waals surface area contributed by atoms with Crippen molar-refractivity contribution in [1.82, 2.24) is 25.6 Å². The van der Waals surface area contributed by atoms with Crippen molar-refractivity contribution in [2.24, 2.45) is 0 Å². The number of aromatic nitrogens is 5. The van der Waals surface area contributed by atoms with Crippen molar-refractivity contribution in [3.63, 3.8) is 0 Å². The highest BCUT2D eigenvalue weighted by molar-refractivity contribution is 6.03. The van der Waals surface area contributed by atoms with Crippen LogP contribution in [0.3, 0.4) is 0 Å². The normalized spacial score (nSPS) is 10.8. The number of aryl methyl sites for hydroxylation is 2. The van der Waals surface area contributed by atoms with Crippen LogP contribution >= 0.6 is 0 Å². The Morgan fingerprint density at radius 2 is 1.60 bits per heavy atom. The second-order valence-corrected chi connectivity index (χ2v) is 6.98. The van der Waals surface area contributed by atoms with E-state index in [0.717, 1.165) is 33.5 Å². The van der Waals surface area contributed by atoms with E-state index in [1.54, 1.807) is 14.0 Å². The summed E-state index contributed by atoms with van der Waals surface area (Å²) in [5.74, 6) is 1.11. The van der Waals surface area contributed by atoms with Crippen LogP contribution in [0.2, 0.25) is 0 Å². The summed E-state index contributed by atoms with van der Waals surface area (Å²) in [6.07, 6.45) is 0. The Kier molecular flexibility index (Phi) is 5.10. The highest BCUT2D eigenvalue weighted by Gasteiger charge is 2.21. The van der Waals surface area contributed by atoms with Crippen molar-refractivity contribution in [3.05, 3.63) is 65.5 Å². The monoisotopic (exact) mass is 399 g/mol. The maximum Gasteiger partial charge on any atom is 0.205 e. The number of carbonyl (C=O) groups excluding carboxylic acids is 1. The molecule has 0 aliphatic heterocycles. The minimum atomic E-state index is -0.0418. The summed E-state index contributed by atoms with van der Waals surface area (Å²) in [6, 6.07) is 15.9. The Morgan fingerprint density at radius 1 is 0.933 bits per heavy atom. The zero-order chi connectivity index (χ0) is 21.3. The molecule has 2 heterocycles. The SMILES string of the molecule is COc1c(C)nc(C)c(C(C)=O)c1-c1ccc(-c2ccccc2-c2nn[nH]n2)cc1. The number of nitrogens with zero attached hydrogens (tertiary/aromatic N) is 4. The third-order valence-electron chi connectivity index (χ3n) is 5.06. The van der Waals surface area contributed by atoms with Gasteiger partial charge in [0.15, 0.2) is 5.78 Å². The van der Waals surface area contributed by atoms with Gasteiger partial charge < -0.3 is 4.74 Å². The molecular weight excluding hydrogens is 378 g/mol. The number of hydrogen-bond donors (Lipinski definition) is 1. The predicted octanol–water partition coefficient (Wildman–Crippen LogP) is 4.42. The van der Waals surface area contributed by atoms with E-state index in [1.807, 2.05) is 62.4 Å². The van der Waals surface area contributed by atoms with Crippen molar-refractivity contribution in [2.75, 3.05) is 7.11 Å². The Bertz CT molecular complexity index is 1220. The van der Waals surface area contributed by atoms with Gasteiger partial charge in [0, 0.05) is 16.8 Å². The van der Waals surface area contributed by atoms with Crippen LogP contribution in [0.25, 0.3) is 33.6 Å². The van der Waals surface area contributed by atoms with E-state index in [0.29, 0.717) is 22.8 Å². The van der Waals surface area contributed by atoms with Crippen molar-refractivity contribution >= 4 is 5.78 Å². The molecule has 30 heavy (non-hydrogen) atoms. The van der Waals surface area contributed by atoms with E-state index in [9.17, 15) is 4.79 Å². The van der Waals surface area contributed by atoms with Gasteiger partial charge in [0.25, 0.3) is 0 Å². The van der Waals surface area contributed by atoms with Crippen LogP contribution in [-0.4, -0.2) is 38.5 Å². The first-order valence-electron chi connectivity index (χ1n) is 9.51. The summed E-state index contributed by atoms with van der Waals surface area (Å²) < 4.78 is 5.62. The number of methoxy groups -OCH3 is 1. The number of rotatable bonds is 5. The Labute approximate surface area is 174 Å². The molecule has 0 atom stereocenters. The molecular formula is C23H21N5O2. The van der Waals surface area contributed by atoms with E-state index in [4.69, 9.17) is 4.74 Å². The summed E-state index contributed by atoms with van der Waals surface area (Å²) in [6.45, 7) is 5.29. The first kappa shape index (κ1) is 19.4. The molecule has 0 saturated carbocycles. The lowest BCUT2D eigenvalue weighted by Crippen LogP contribution is -2.07. The van der Waals surface area contributed by atoms with Gasteiger partial charge in [0.1, 0.15) is 5.75 Å². The minimum absolute atomic E-state index is 0.0418. The van der Waals surface area contributed by atoms with Gasteiger partial charge in [-0.1, -0.05) is 48.5 Å². The summed E-state index contributed by atoms with van der Waals surface area (Å²) in [5.41, 5.74) is 6.58. The fourth-order valence-electron chi connectivity index (χ4n) is 3.81. The van der Waals surface area contributed by atoms with Gasteiger partial charge in [-0.3, -0.25) is 9.78 Å². The van der Waals surface area contributed by atoms with Gasteiger partial charge in [-0.15, -0.1) is 10.2 Å². The van der Waals surface area contributed by atoms with Gasteiger partial charge >= 0.3 is 0 Å². The topological polar surface area (TPSA) is 93.6 Å². The molecule has 150 valence electrons. The van der Waals surface area contributed by atoms with Gasteiger partial charge in [0.2, 0.25) is 5.82 Å². The quantitative estimate of drug-likeness (QED) is 0.499. The lowest BCUT2D eigenvalue weighted by atomic mass is 9.92. The Balaban J connectivity index is 1.85. The van der Waals surface area contributed by atoms with Crippen LogP contribution in [-0.2, 0) is 0 Å². The van der Waals surface area contributed by atoms with Crippen molar-refractivity contribution in [3.8, 4) is 39.4 Å². The van der Waals surface area contributed by atoms with Crippen LogP contribution < -0.4 is 4.74 Å². The molecule has 2 aromatic heterocycles. The number of pyridine rings is 1. The summed E-state index contributed by atoms with van der Waals surface area (Å²) in [5, 5.41) is 14.4. The molecule has 0 radical (unpaired) electrons. The Hall–Kier alpha value is -3.87. The molecule has 7 heteroatoms. The zero-order valence-corrected chi connectivity index (χ0v) is 17.2. The molecule has 0 spiro atoms. The van der Waals surface area contributed by atoms with Crippen molar-refractivity contribution in [2.45, 2.75) is 20.8 Å². The van der Waals surface area contributed by atoms with E-state index < -0.39 is 0 Å². The lowest BCUT2D eigenvalue weighted by Gasteiger charge is -2.17. The number of hydrogen-bond acceptors (Lipinski definition) is 6. The van der Waals surface area contributed by atoms with Crippen LogP contribution in [0.1, 0.15) is 28.7 Å². The summed E-state index contributed by atoms with van der Waals surface area (Å²) in [7, 11) is 1.60. The average molecular weight is 399 g/mol. The molecule has 0 fully saturated rings. The third kappa shape index (κ3) is 3.34. The maximum absolute atomic E-state index is 12.4. The molecule has 0 amide bonds.